The number of rotatable bonds is 6. The highest BCUT2D eigenvalue weighted by Gasteiger charge is 2.40. The number of hydrogen-bond acceptors (Lipinski definition) is 3. The predicted molar refractivity (Wildman–Crippen MR) is 78.7 cm³/mol. The van der Waals surface area contributed by atoms with Crippen molar-refractivity contribution in [2.24, 2.45) is 5.92 Å². The van der Waals surface area contributed by atoms with E-state index in [1.807, 2.05) is 0 Å². The molecule has 102 valence electrons. The lowest BCUT2D eigenvalue weighted by atomic mass is 9.82. The fourth-order valence-electron chi connectivity index (χ4n) is 2.72. The number of hydrogen-bond donors (Lipinski definition) is 1. The molecule has 2 aliphatic rings. The molecule has 0 saturated heterocycles. The summed E-state index contributed by atoms with van der Waals surface area (Å²) in [6, 6.07) is 3.24. The van der Waals surface area contributed by atoms with Gasteiger partial charge in [-0.25, -0.2) is 0 Å². The SMILES string of the molecule is CC(C)CCSC1CCCC(C#N)(NC2CC2)C1. The summed E-state index contributed by atoms with van der Waals surface area (Å²) in [5, 5.41) is 13.8. The van der Waals surface area contributed by atoms with Gasteiger partial charge in [-0.15, -0.1) is 0 Å². The minimum absolute atomic E-state index is 0.199. The molecule has 1 N–H and O–H groups in total. The van der Waals surface area contributed by atoms with Gasteiger partial charge in [-0.2, -0.15) is 17.0 Å². The number of thioether (sulfide) groups is 1. The number of nitrogens with one attached hydrogen (secondary N) is 1. The van der Waals surface area contributed by atoms with Crippen molar-refractivity contribution in [1.29, 1.82) is 5.26 Å². The molecule has 2 saturated carbocycles. The summed E-state index contributed by atoms with van der Waals surface area (Å²) in [5.74, 6) is 2.05. The largest absolute Gasteiger partial charge is 0.297 e. The molecule has 3 heteroatoms. The molecule has 2 aliphatic carbocycles. The number of nitriles is 1. The van der Waals surface area contributed by atoms with Crippen molar-refractivity contribution in [1.82, 2.24) is 5.32 Å². The molecule has 0 amide bonds. The Morgan fingerprint density at radius 2 is 2.17 bits per heavy atom. The molecule has 0 heterocycles. The van der Waals surface area contributed by atoms with Gasteiger partial charge in [0.15, 0.2) is 0 Å². The second-order valence-corrected chi connectivity index (χ2v) is 7.79. The Morgan fingerprint density at radius 3 is 2.78 bits per heavy atom. The highest BCUT2D eigenvalue weighted by atomic mass is 32.2. The van der Waals surface area contributed by atoms with Crippen molar-refractivity contribution in [3.8, 4) is 6.07 Å². The zero-order valence-corrected chi connectivity index (χ0v) is 12.6. The second kappa shape index (κ2) is 6.30. The quantitative estimate of drug-likeness (QED) is 0.796. The van der Waals surface area contributed by atoms with Gasteiger partial charge in [-0.3, -0.25) is 5.32 Å². The van der Waals surface area contributed by atoms with Gasteiger partial charge in [0.2, 0.25) is 0 Å². The van der Waals surface area contributed by atoms with Gasteiger partial charge in [0.05, 0.1) is 6.07 Å². The van der Waals surface area contributed by atoms with E-state index in [1.165, 1.54) is 37.9 Å². The molecule has 0 aromatic carbocycles. The summed E-state index contributed by atoms with van der Waals surface area (Å²) < 4.78 is 0. The molecule has 2 nitrogen and oxygen atoms in total. The molecule has 2 unspecified atom stereocenters. The van der Waals surface area contributed by atoms with Crippen molar-refractivity contribution >= 4 is 11.8 Å². The molecule has 0 bridgehead atoms. The lowest BCUT2D eigenvalue weighted by molar-refractivity contribution is 0.301. The molecule has 0 aromatic heterocycles. The fourth-order valence-corrected chi connectivity index (χ4v) is 4.40. The highest BCUT2D eigenvalue weighted by molar-refractivity contribution is 7.99. The Hall–Kier alpha value is -0.200. The Morgan fingerprint density at radius 1 is 1.39 bits per heavy atom. The second-order valence-electron chi connectivity index (χ2n) is 6.38. The maximum absolute atomic E-state index is 9.53. The van der Waals surface area contributed by atoms with E-state index in [-0.39, 0.29) is 5.54 Å². The van der Waals surface area contributed by atoms with Crippen molar-refractivity contribution in [3.05, 3.63) is 0 Å². The summed E-state index contributed by atoms with van der Waals surface area (Å²) in [6.45, 7) is 4.57. The van der Waals surface area contributed by atoms with Crippen LogP contribution in [0.5, 0.6) is 0 Å². The molecule has 18 heavy (non-hydrogen) atoms. The van der Waals surface area contributed by atoms with E-state index in [1.54, 1.807) is 0 Å². The summed E-state index contributed by atoms with van der Waals surface area (Å²) in [4.78, 5) is 0. The standard InChI is InChI=1S/C15H26N2S/c1-12(2)7-9-18-14-4-3-8-15(10-14,11-16)17-13-5-6-13/h12-14,17H,3-10H2,1-2H3. The number of nitrogens with zero attached hydrogens (tertiary/aromatic N) is 1. The molecule has 0 aliphatic heterocycles. The van der Waals surface area contributed by atoms with Gasteiger partial charge >= 0.3 is 0 Å². The maximum Gasteiger partial charge on any atom is 0.108 e. The van der Waals surface area contributed by atoms with Crippen LogP contribution in [0.4, 0.5) is 0 Å². The van der Waals surface area contributed by atoms with Crippen LogP contribution < -0.4 is 5.32 Å². The van der Waals surface area contributed by atoms with E-state index in [9.17, 15) is 5.26 Å². The van der Waals surface area contributed by atoms with E-state index in [0.29, 0.717) is 11.3 Å². The third kappa shape index (κ3) is 4.17. The topological polar surface area (TPSA) is 35.8 Å². The highest BCUT2D eigenvalue weighted by Crippen LogP contribution is 2.37. The molecule has 2 fully saturated rings. The van der Waals surface area contributed by atoms with Crippen LogP contribution in [0.3, 0.4) is 0 Å². The van der Waals surface area contributed by atoms with Crippen LogP contribution in [0.25, 0.3) is 0 Å². The summed E-state index contributed by atoms with van der Waals surface area (Å²) in [5.41, 5.74) is -0.199. The first kappa shape index (κ1) is 14.2. The van der Waals surface area contributed by atoms with Crippen LogP contribution in [-0.4, -0.2) is 22.6 Å². The van der Waals surface area contributed by atoms with Gasteiger partial charge in [-0.1, -0.05) is 13.8 Å². The van der Waals surface area contributed by atoms with Crippen molar-refractivity contribution in [3.63, 3.8) is 0 Å². The minimum atomic E-state index is -0.199. The Labute approximate surface area is 116 Å². The van der Waals surface area contributed by atoms with Crippen LogP contribution in [0, 0.1) is 17.2 Å². The maximum atomic E-state index is 9.53. The van der Waals surface area contributed by atoms with E-state index in [4.69, 9.17) is 0 Å². The minimum Gasteiger partial charge on any atom is -0.297 e. The van der Waals surface area contributed by atoms with E-state index >= 15 is 0 Å². The third-order valence-corrected chi connectivity index (χ3v) is 5.37. The van der Waals surface area contributed by atoms with E-state index in [2.05, 4.69) is 37.0 Å². The van der Waals surface area contributed by atoms with Crippen molar-refractivity contribution in [2.45, 2.75) is 75.6 Å². The molecule has 2 rings (SSSR count). The van der Waals surface area contributed by atoms with Gasteiger partial charge < -0.3 is 0 Å². The average Bonchev–Trinajstić information content (AvgIpc) is 3.13. The summed E-state index contributed by atoms with van der Waals surface area (Å²) in [7, 11) is 0. The Kier molecular flexibility index (Phi) is 4.98. The lowest BCUT2D eigenvalue weighted by Gasteiger charge is -2.36. The van der Waals surface area contributed by atoms with E-state index in [0.717, 1.165) is 18.8 Å². The lowest BCUT2D eigenvalue weighted by Crippen LogP contribution is -2.49. The fraction of sp³-hybridized carbons (Fsp3) is 0.933. The summed E-state index contributed by atoms with van der Waals surface area (Å²) >= 11 is 2.10. The van der Waals surface area contributed by atoms with Gasteiger partial charge in [0, 0.05) is 11.3 Å². The van der Waals surface area contributed by atoms with Crippen LogP contribution in [0.2, 0.25) is 0 Å². The van der Waals surface area contributed by atoms with E-state index < -0.39 is 0 Å². The molecular weight excluding hydrogens is 240 g/mol. The molecule has 2 atom stereocenters. The molecule has 0 aromatic rings. The van der Waals surface area contributed by atoms with Gasteiger partial charge in [0.1, 0.15) is 5.54 Å². The van der Waals surface area contributed by atoms with Crippen LogP contribution in [0.1, 0.15) is 58.8 Å². The molecular formula is C15H26N2S. The zero-order valence-electron chi connectivity index (χ0n) is 11.7. The first-order valence-corrected chi connectivity index (χ1v) is 8.49. The summed E-state index contributed by atoms with van der Waals surface area (Å²) in [6.07, 6.45) is 8.48. The van der Waals surface area contributed by atoms with Crippen LogP contribution in [-0.2, 0) is 0 Å². The normalized spacial score (nSPS) is 32.4. The van der Waals surface area contributed by atoms with Crippen molar-refractivity contribution < 1.29 is 0 Å². The third-order valence-electron chi connectivity index (χ3n) is 4.03. The predicted octanol–water partition coefficient (Wildman–Crippen LogP) is 3.72. The first-order valence-electron chi connectivity index (χ1n) is 7.44. The Balaban J connectivity index is 1.80. The monoisotopic (exact) mass is 266 g/mol. The smallest absolute Gasteiger partial charge is 0.108 e. The molecule has 0 radical (unpaired) electrons. The van der Waals surface area contributed by atoms with Gasteiger partial charge in [0.25, 0.3) is 0 Å². The molecule has 0 spiro atoms. The first-order chi connectivity index (χ1) is 8.63. The Bertz CT molecular complexity index is 306. The van der Waals surface area contributed by atoms with Crippen LogP contribution in [0.15, 0.2) is 0 Å². The van der Waals surface area contributed by atoms with Gasteiger partial charge in [-0.05, 0) is 56.6 Å². The zero-order chi connectivity index (χ0) is 13.0. The van der Waals surface area contributed by atoms with Crippen LogP contribution >= 0.6 is 11.8 Å². The average molecular weight is 266 g/mol. The van der Waals surface area contributed by atoms with Crippen molar-refractivity contribution in [2.75, 3.05) is 5.75 Å².